The zero-order valence-corrected chi connectivity index (χ0v) is 11.3. The van der Waals surface area contributed by atoms with E-state index in [-0.39, 0.29) is 5.75 Å². The number of hydrogen-bond acceptors (Lipinski definition) is 3. The maximum atomic E-state index is 11.7. The molecule has 3 nitrogen and oxygen atoms in total. The van der Waals surface area contributed by atoms with Crippen molar-refractivity contribution in [1.82, 2.24) is 0 Å². The number of phenolic OH excluding ortho intramolecular Hbond substituents is 1. The van der Waals surface area contributed by atoms with Gasteiger partial charge in [0.1, 0.15) is 5.75 Å². The minimum Gasteiger partial charge on any atom is -0.507 e. The summed E-state index contributed by atoms with van der Waals surface area (Å²) in [5.74, 6) is -0.579. The monoisotopic (exact) mass is 266 g/mol. The predicted octanol–water partition coefficient (Wildman–Crippen LogP) is 3.40. The lowest BCUT2D eigenvalue weighted by Gasteiger charge is -2.33. The third-order valence-electron chi connectivity index (χ3n) is 3.85. The molecule has 0 radical (unpaired) electrons. The number of phenols is 1. The van der Waals surface area contributed by atoms with Gasteiger partial charge in [-0.1, -0.05) is 25.3 Å². The van der Waals surface area contributed by atoms with E-state index < -0.39 is 11.4 Å². The van der Waals surface area contributed by atoms with Crippen molar-refractivity contribution in [3.8, 4) is 5.75 Å². The number of hydrogen-bond donors (Lipinski definition) is 2. The molecule has 4 heteroatoms. The second kappa shape index (κ2) is 5.22. The Hall–Kier alpha value is -1.16. The van der Waals surface area contributed by atoms with Crippen molar-refractivity contribution in [1.29, 1.82) is 0 Å². The minimum atomic E-state index is -0.799. The van der Waals surface area contributed by atoms with Crippen LogP contribution in [0.25, 0.3) is 0 Å². The third-order valence-corrected chi connectivity index (χ3v) is 4.63. The summed E-state index contributed by atoms with van der Waals surface area (Å²) in [5, 5.41) is 19.5. The molecule has 2 N–H and O–H groups in total. The Morgan fingerprint density at radius 1 is 1.28 bits per heavy atom. The summed E-state index contributed by atoms with van der Waals surface area (Å²) in [6.07, 6.45) is 6.21. The Labute approximate surface area is 111 Å². The van der Waals surface area contributed by atoms with Gasteiger partial charge in [0.2, 0.25) is 0 Å². The Morgan fingerprint density at radius 2 is 1.94 bits per heavy atom. The molecule has 0 unspecified atom stereocenters. The molecule has 0 bridgehead atoms. The lowest BCUT2D eigenvalue weighted by molar-refractivity contribution is -0.145. The molecule has 0 aromatic heterocycles. The summed E-state index contributed by atoms with van der Waals surface area (Å²) in [7, 11) is 0. The summed E-state index contributed by atoms with van der Waals surface area (Å²) < 4.78 is 0. The molecule has 0 saturated heterocycles. The van der Waals surface area contributed by atoms with Gasteiger partial charge in [0.05, 0.1) is 5.41 Å². The summed E-state index contributed by atoms with van der Waals surface area (Å²) >= 11 is 1.46. The van der Waals surface area contributed by atoms with Crippen LogP contribution < -0.4 is 0 Å². The molecule has 2 rings (SSSR count). The van der Waals surface area contributed by atoms with E-state index in [4.69, 9.17) is 0 Å². The summed E-state index contributed by atoms with van der Waals surface area (Å²) in [4.78, 5) is 12.4. The zero-order valence-electron chi connectivity index (χ0n) is 10.5. The Kier molecular flexibility index (Phi) is 3.85. The van der Waals surface area contributed by atoms with Gasteiger partial charge in [-0.3, -0.25) is 4.79 Å². The van der Waals surface area contributed by atoms with Crippen LogP contribution in [0.2, 0.25) is 0 Å². The standard InChI is InChI=1S/C14H18O3S/c1-18-12-6-5-10(9-11(12)15)14(13(16)17)7-3-2-4-8-14/h5-6,9,15H,2-4,7-8H2,1H3,(H,16,17). The predicted molar refractivity (Wildman–Crippen MR) is 72.3 cm³/mol. The van der Waals surface area contributed by atoms with Crippen LogP contribution in [0.1, 0.15) is 37.7 Å². The summed E-state index contributed by atoms with van der Waals surface area (Å²) in [5.41, 5.74) is -0.0582. The normalized spacial score (nSPS) is 18.5. The van der Waals surface area contributed by atoms with Crippen molar-refractivity contribution >= 4 is 17.7 Å². The van der Waals surface area contributed by atoms with Gasteiger partial charge in [0.15, 0.2) is 0 Å². The van der Waals surface area contributed by atoms with Gasteiger partial charge in [-0.05, 0) is 36.8 Å². The van der Waals surface area contributed by atoms with E-state index in [0.717, 1.165) is 29.7 Å². The highest BCUT2D eigenvalue weighted by Gasteiger charge is 2.41. The van der Waals surface area contributed by atoms with E-state index in [0.29, 0.717) is 12.8 Å². The number of carbonyl (C=O) groups is 1. The highest BCUT2D eigenvalue weighted by Crippen LogP contribution is 2.42. The molecule has 1 aliphatic rings. The quantitative estimate of drug-likeness (QED) is 0.823. The van der Waals surface area contributed by atoms with Crippen molar-refractivity contribution in [2.24, 2.45) is 0 Å². The van der Waals surface area contributed by atoms with Crippen LogP contribution in [-0.2, 0) is 10.2 Å². The molecule has 1 saturated carbocycles. The molecule has 0 amide bonds. The first-order valence-corrected chi connectivity index (χ1v) is 7.43. The first-order valence-electron chi connectivity index (χ1n) is 6.21. The van der Waals surface area contributed by atoms with E-state index in [2.05, 4.69) is 0 Å². The number of aliphatic carboxylic acids is 1. The molecular weight excluding hydrogens is 248 g/mol. The maximum absolute atomic E-state index is 11.7. The second-order valence-electron chi connectivity index (χ2n) is 4.83. The van der Waals surface area contributed by atoms with Crippen LogP contribution in [0.15, 0.2) is 23.1 Å². The first-order chi connectivity index (χ1) is 8.60. The fourth-order valence-electron chi connectivity index (χ4n) is 2.77. The fraction of sp³-hybridized carbons (Fsp3) is 0.500. The number of benzene rings is 1. The Balaban J connectivity index is 2.43. The molecule has 18 heavy (non-hydrogen) atoms. The lowest BCUT2D eigenvalue weighted by atomic mass is 9.69. The highest BCUT2D eigenvalue weighted by molar-refractivity contribution is 7.98. The first kappa shape index (κ1) is 13.3. The molecule has 0 spiro atoms. The van der Waals surface area contributed by atoms with Crippen molar-refractivity contribution in [3.63, 3.8) is 0 Å². The van der Waals surface area contributed by atoms with E-state index >= 15 is 0 Å². The minimum absolute atomic E-state index is 0.186. The number of aromatic hydroxyl groups is 1. The molecule has 0 atom stereocenters. The number of carboxylic acid groups (broad SMARTS) is 1. The number of rotatable bonds is 3. The van der Waals surface area contributed by atoms with Crippen LogP contribution in [0.5, 0.6) is 5.75 Å². The zero-order chi connectivity index (χ0) is 13.2. The smallest absolute Gasteiger partial charge is 0.314 e. The molecule has 1 aliphatic carbocycles. The van der Waals surface area contributed by atoms with Crippen molar-refractivity contribution in [3.05, 3.63) is 23.8 Å². The number of carboxylic acids is 1. The van der Waals surface area contributed by atoms with Crippen LogP contribution in [-0.4, -0.2) is 22.4 Å². The summed E-state index contributed by atoms with van der Waals surface area (Å²) in [6, 6.07) is 5.30. The average Bonchev–Trinajstić information content (AvgIpc) is 2.39. The lowest BCUT2D eigenvalue weighted by Crippen LogP contribution is -2.37. The molecule has 1 fully saturated rings. The van der Waals surface area contributed by atoms with Crippen LogP contribution in [0, 0.1) is 0 Å². The van der Waals surface area contributed by atoms with Crippen LogP contribution >= 0.6 is 11.8 Å². The van der Waals surface area contributed by atoms with Crippen LogP contribution in [0.3, 0.4) is 0 Å². The number of thioether (sulfide) groups is 1. The fourth-order valence-corrected chi connectivity index (χ4v) is 3.24. The van der Waals surface area contributed by atoms with Crippen molar-refractivity contribution < 1.29 is 15.0 Å². The highest BCUT2D eigenvalue weighted by atomic mass is 32.2. The van der Waals surface area contributed by atoms with E-state index in [9.17, 15) is 15.0 Å². The van der Waals surface area contributed by atoms with E-state index in [1.165, 1.54) is 11.8 Å². The molecule has 1 aromatic rings. The van der Waals surface area contributed by atoms with Gasteiger partial charge < -0.3 is 10.2 Å². The van der Waals surface area contributed by atoms with Gasteiger partial charge in [-0.15, -0.1) is 11.8 Å². The Morgan fingerprint density at radius 3 is 2.44 bits per heavy atom. The van der Waals surface area contributed by atoms with Gasteiger partial charge >= 0.3 is 5.97 Å². The van der Waals surface area contributed by atoms with Gasteiger partial charge in [0.25, 0.3) is 0 Å². The van der Waals surface area contributed by atoms with Crippen molar-refractivity contribution in [2.75, 3.05) is 6.26 Å². The third kappa shape index (κ3) is 2.21. The SMILES string of the molecule is CSc1ccc(C2(C(=O)O)CCCCC2)cc1O. The average molecular weight is 266 g/mol. The molecule has 98 valence electrons. The topological polar surface area (TPSA) is 57.5 Å². The van der Waals surface area contributed by atoms with Gasteiger partial charge in [0, 0.05) is 4.90 Å². The van der Waals surface area contributed by atoms with Crippen molar-refractivity contribution in [2.45, 2.75) is 42.4 Å². The second-order valence-corrected chi connectivity index (χ2v) is 5.68. The van der Waals surface area contributed by atoms with E-state index in [1.807, 2.05) is 18.4 Å². The Bertz CT molecular complexity index is 450. The maximum Gasteiger partial charge on any atom is 0.314 e. The van der Waals surface area contributed by atoms with E-state index in [1.54, 1.807) is 6.07 Å². The largest absolute Gasteiger partial charge is 0.507 e. The van der Waals surface area contributed by atoms with Crippen LogP contribution in [0.4, 0.5) is 0 Å². The molecule has 0 aliphatic heterocycles. The van der Waals surface area contributed by atoms with Gasteiger partial charge in [-0.2, -0.15) is 0 Å². The molecular formula is C14H18O3S. The summed E-state index contributed by atoms with van der Waals surface area (Å²) in [6.45, 7) is 0. The van der Waals surface area contributed by atoms with Gasteiger partial charge in [-0.25, -0.2) is 0 Å². The molecule has 0 heterocycles. The molecule has 1 aromatic carbocycles.